The number of nitrogens with zero attached hydrogens (tertiary/aromatic N) is 1. The summed E-state index contributed by atoms with van der Waals surface area (Å²) >= 11 is 0. The zero-order valence-electron chi connectivity index (χ0n) is 18.4. The fourth-order valence-electron chi connectivity index (χ4n) is 4.14. The van der Waals surface area contributed by atoms with Crippen LogP contribution >= 0.6 is 0 Å². The molecular weight excluding hydrogens is 400 g/mol. The van der Waals surface area contributed by atoms with Crippen molar-refractivity contribution in [2.75, 3.05) is 19.7 Å². The summed E-state index contributed by atoms with van der Waals surface area (Å²) < 4.78 is 6.65. The van der Waals surface area contributed by atoms with Crippen LogP contribution in [0.4, 0.5) is 4.79 Å². The predicted octanol–water partition coefficient (Wildman–Crippen LogP) is 4.16. The van der Waals surface area contributed by atoms with Gasteiger partial charge in [-0.15, -0.1) is 0 Å². The minimum absolute atomic E-state index is 0.0981. The van der Waals surface area contributed by atoms with Gasteiger partial charge in [0.25, 0.3) is 0 Å². The lowest BCUT2D eigenvalue weighted by Gasteiger charge is -2.36. The molecule has 166 valence electrons. The molecule has 3 aromatic rings. The van der Waals surface area contributed by atoms with E-state index in [2.05, 4.69) is 5.32 Å². The first-order valence-corrected chi connectivity index (χ1v) is 11.2. The van der Waals surface area contributed by atoms with Crippen LogP contribution in [0.1, 0.15) is 30.0 Å². The SMILES string of the molecule is CCCNC(=O)N1C[C@@H]1[C@H](O)COC(c1ccccc1)(c1ccccc1)c1ccccc1. The van der Waals surface area contributed by atoms with E-state index in [9.17, 15) is 9.90 Å². The van der Waals surface area contributed by atoms with Gasteiger partial charge in [0, 0.05) is 13.1 Å². The van der Waals surface area contributed by atoms with E-state index < -0.39 is 11.7 Å². The van der Waals surface area contributed by atoms with Crippen LogP contribution in [-0.4, -0.2) is 47.9 Å². The minimum atomic E-state index is -0.880. The van der Waals surface area contributed by atoms with Crippen molar-refractivity contribution in [2.24, 2.45) is 0 Å². The first-order chi connectivity index (χ1) is 15.7. The summed E-state index contributed by atoms with van der Waals surface area (Å²) in [7, 11) is 0. The Hall–Kier alpha value is -3.15. The molecule has 0 aliphatic carbocycles. The molecule has 4 rings (SSSR count). The molecule has 0 radical (unpaired) electrons. The number of hydrogen-bond acceptors (Lipinski definition) is 3. The number of urea groups is 1. The maximum Gasteiger partial charge on any atom is 0.317 e. The number of carbonyl (C=O) groups excluding carboxylic acids is 1. The van der Waals surface area contributed by atoms with Crippen molar-refractivity contribution in [2.45, 2.75) is 31.1 Å². The maximum atomic E-state index is 12.2. The number of rotatable bonds is 9. The second kappa shape index (κ2) is 9.98. The minimum Gasteiger partial charge on any atom is -0.388 e. The molecule has 3 aromatic carbocycles. The van der Waals surface area contributed by atoms with Gasteiger partial charge in [0.2, 0.25) is 0 Å². The number of carbonyl (C=O) groups is 1. The monoisotopic (exact) mass is 430 g/mol. The Labute approximate surface area is 189 Å². The molecular formula is C27H30N2O3. The van der Waals surface area contributed by atoms with Gasteiger partial charge in [0.15, 0.2) is 0 Å². The van der Waals surface area contributed by atoms with E-state index >= 15 is 0 Å². The Balaban J connectivity index is 1.63. The fourth-order valence-corrected chi connectivity index (χ4v) is 4.14. The molecule has 5 heteroatoms. The Morgan fingerprint density at radius 1 is 0.969 bits per heavy atom. The van der Waals surface area contributed by atoms with E-state index in [1.54, 1.807) is 4.90 Å². The molecule has 0 saturated carbocycles. The molecule has 32 heavy (non-hydrogen) atoms. The highest BCUT2D eigenvalue weighted by Gasteiger charge is 2.45. The summed E-state index contributed by atoms with van der Waals surface area (Å²) in [5.74, 6) is 0. The lowest BCUT2D eigenvalue weighted by atomic mass is 9.80. The van der Waals surface area contributed by atoms with Gasteiger partial charge in [-0.25, -0.2) is 4.79 Å². The van der Waals surface area contributed by atoms with Crippen LogP contribution in [-0.2, 0) is 10.3 Å². The highest BCUT2D eigenvalue weighted by atomic mass is 16.5. The van der Waals surface area contributed by atoms with Crippen molar-refractivity contribution in [1.82, 2.24) is 10.2 Å². The van der Waals surface area contributed by atoms with Gasteiger partial charge < -0.3 is 20.1 Å². The van der Waals surface area contributed by atoms with E-state index in [1.165, 1.54) is 0 Å². The third kappa shape index (κ3) is 4.54. The summed E-state index contributed by atoms with van der Waals surface area (Å²) in [5, 5.41) is 13.8. The molecule has 1 heterocycles. The first kappa shape index (κ1) is 22.1. The molecule has 0 unspecified atom stereocenters. The molecule has 1 saturated heterocycles. The average Bonchev–Trinajstić information content (AvgIpc) is 3.66. The average molecular weight is 431 g/mol. The van der Waals surface area contributed by atoms with Crippen LogP contribution < -0.4 is 5.32 Å². The molecule has 1 fully saturated rings. The quantitative estimate of drug-likeness (QED) is 0.396. The second-order valence-electron chi connectivity index (χ2n) is 8.11. The van der Waals surface area contributed by atoms with Gasteiger partial charge in [-0.2, -0.15) is 0 Å². The molecule has 0 bridgehead atoms. The third-order valence-corrected chi connectivity index (χ3v) is 5.89. The number of ether oxygens (including phenoxy) is 1. The molecule has 2 amide bonds. The van der Waals surface area contributed by atoms with Crippen molar-refractivity contribution < 1.29 is 14.6 Å². The van der Waals surface area contributed by atoms with E-state index in [1.807, 2.05) is 97.9 Å². The molecule has 2 atom stereocenters. The van der Waals surface area contributed by atoms with Crippen LogP contribution in [0.15, 0.2) is 91.0 Å². The van der Waals surface area contributed by atoms with Crippen LogP contribution in [0.3, 0.4) is 0 Å². The third-order valence-electron chi connectivity index (χ3n) is 5.89. The zero-order valence-corrected chi connectivity index (χ0v) is 18.4. The van der Waals surface area contributed by atoms with E-state index in [4.69, 9.17) is 4.74 Å². The van der Waals surface area contributed by atoms with Crippen molar-refractivity contribution in [1.29, 1.82) is 0 Å². The number of hydrogen-bond donors (Lipinski definition) is 2. The van der Waals surface area contributed by atoms with Crippen LogP contribution in [0.5, 0.6) is 0 Å². The molecule has 1 aliphatic heterocycles. The Morgan fingerprint density at radius 3 is 1.88 bits per heavy atom. The Morgan fingerprint density at radius 2 is 1.44 bits per heavy atom. The van der Waals surface area contributed by atoms with Crippen molar-refractivity contribution in [3.8, 4) is 0 Å². The van der Waals surface area contributed by atoms with Crippen molar-refractivity contribution >= 4 is 6.03 Å². The lowest BCUT2D eigenvalue weighted by Crippen LogP contribution is -2.38. The van der Waals surface area contributed by atoms with Gasteiger partial charge in [0.1, 0.15) is 5.60 Å². The first-order valence-electron chi connectivity index (χ1n) is 11.2. The topological polar surface area (TPSA) is 61.6 Å². The Bertz CT molecular complexity index is 899. The number of aliphatic hydroxyl groups excluding tert-OH is 1. The summed E-state index contributed by atoms with van der Waals surface area (Å²) in [4.78, 5) is 13.9. The van der Waals surface area contributed by atoms with Crippen LogP contribution in [0.25, 0.3) is 0 Å². The highest BCUT2D eigenvalue weighted by Crippen LogP contribution is 2.40. The molecule has 0 spiro atoms. The number of nitrogens with one attached hydrogen (secondary N) is 1. The van der Waals surface area contributed by atoms with E-state index in [-0.39, 0.29) is 18.7 Å². The van der Waals surface area contributed by atoms with Gasteiger partial charge in [-0.05, 0) is 23.1 Å². The number of aliphatic hydroxyl groups is 1. The lowest BCUT2D eigenvalue weighted by molar-refractivity contribution is -0.0401. The summed E-state index contributed by atoms with van der Waals surface area (Å²) in [6, 6.07) is 29.9. The normalized spacial score (nSPS) is 16.4. The fraction of sp³-hybridized carbons (Fsp3) is 0.296. The highest BCUT2D eigenvalue weighted by molar-refractivity contribution is 5.77. The molecule has 0 aromatic heterocycles. The smallest absolute Gasteiger partial charge is 0.317 e. The van der Waals surface area contributed by atoms with Crippen LogP contribution in [0.2, 0.25) is 0 Å². The predicted molar refractivity (Wildman–Crippen MR) is 125 cm³/mol. The number of amides is 2. The van der Waals surface area contributed by atoms with Crippen LogP contribution in [0, 0.1) is 0 Å². The summed E-state index contributed by atoms with van der Waals surface area (Å²) in [6.07, 6.45) is 0.0989. The zero-order chi connectivity index (χ0) is 22.4. The summed E-state index contributed by atoms with van der Waals surface area (Å²) in [6.45, 7) is 3.28. The molecule has 2 N–H and O–H groups in total. The van der Waals surface area contributed by atoms with E-state index in [0.717, 1.165) is 23.1 Å². The van der Waals surface area contributed by atoms with Gasteiger partial charge >= 0.3 is 6.03 Å². The van der Waals surface area contributed by atoms with E-state index in [0.29, 0.717) is 13.1 Å². The molecule has 1 aliphatic rings. The largest absolute Gasteiger partial charge is 0.388 e. The second-order valence-corrected chi connectivity index (χ2v) is 8.11. The Kier molecular flexibility index (Phi) is 6.88. The maximum absolute atomic E-state index is 12.2. The molecule has 5 nitrogen and oxygen atoms in total. The van der Waals surface area contributed by atoms with Gasteiger partial charge in [-0.3, -0.25) is 0 Å². The summed E-state index contributed by atoms with van der Waals surface area (Å²) in [5.41, 5.74) is 2.07. The van der Waals surface area contributed by atoms with Crippen molar-refractivity contribution in [3.05, 3.63) is 108 Å². The van der Waals surface area contributed by atoms with Crippen molar-refractivity contribution in [3.63, 3.8) is 0 Å². The number of benzene rings is 3. The standard InChI is InChI=1S/C27H30N2O3/c1-2-18-28-26(31)29-19-24(29)25(30)20-32-27(21-12-6-3-7-13-21,22-14-8-4-9-15-22)23-16-10-5-11-17-23/h3-17,24-25,30H,2,18-20H2,1H3,(H,28,31)/t24-,25-,29?/m1/s1. The van der Waals surface area contributed by atoms with Gasteiger partial charge in [0.05, 0.1) is 18.8 Å². The van der Waals surface area contributed by atoms with Gasteiger partial charge in [-0.1, -0.05) is 97.9 Å².